The van der Waals surface area contributed by atoms with Crippen LogP contribution in [0.4, 0.5) is 11.4 Å². The van der Waals surface area contributed by atoms with Crippen molar-refractivity contribution in [1.82, 2.24) is 0 Å². The number of nitrogens with zero attached hydrogens (tertiary/aromatic N) is 1. The lowest BCUT2D eigenvalue weighted by atomic mass is 10.1. The predicted octanol–water partition coefficient (Wildman–Crippen LogP) is 2.70. The summed E-state index contributed by atoms with van der Waals surface area (Å²) in [5.74, 6) is 1.28. The molecule has 0 fully saturated rings. The molecule has 0 aromatic heterocycles. The number of methoxy groups -OCH3 is 2. The molecule has 26 heavy (non-hydrogen) atoms. The number of anilines is 2. The van der Waals surface area contributed by atoms with Crippen LogP contribution in [-0.4, -0.2) is 39.2 Å². The summed E-state index contributed by atoms with van der Waals surface area (Å²) in [7, 11) is 3.05. The van der Waals surface area contributed by atoms with Gasteiger partial charge in [-0.1, -0.05) is 0 Å². The topological polar surface area (TPSA) is 77.1 Å². The number of hydrogen-bond acceptors (Lipinski definition) is 5. The third-order valence-electron chi connectivity index (χ3n) is 4.07. The maximum atomic E-state index is 12.6. The second kappa shape index (κ2) is 7.35. The second-order valence-corrected chi connectivity index (χ2v) is 5.76. The van der Waals surface area contributed by atoms with Crippen molar-refractivity contribution in [2.75, 3.05) is 37.6 Å². The number of carbonyl (C=O) groups is 2. The molecule has 0 bridgehead atoms. The summed E-state index contributed by atoms with van der Waals surface area (Å²) >= 11 is 0. The summed E-state index contributed by atoms with van der Waals surface area (Å²) in [5, 5.41) is 2.83. The van der Waals surface area contributed by atoms with Crippen molar-refractivity contribution in [2.24, 2.45) is 0 Å². The van der Waals surface area contributed by atoms with Crippen LogP contribution in [0.5, 0.6) is 17.2 Å². The Bertz CT molecular complexity index is 828. The number of rotatable bonds is 4. The molecule has 0 unspecified atom stereocenters. The van der Waals surface area contributed by atoms with Crippen LogP contribution in [0.3, 0.4) is 0 Å². The van der Waals surface area contributed by atoms with Gasteiger partial charge in [0.2, 0.25) is 5.91 Å². The molecule has 2 aromatic rings. The minimum Gasteiger partial charge on any atom is -0.497 e. The SMILES string of the molecule is COc1cc(OC)cc(C(=O)Nc2ccc3c(c2)N(C(C)=O)CCO3)c1. The van der Waals surface area contributed by atoms with E-state index in [1.54, 1.807) is 41.3 Å². The lowest BCUT2D eigenvalue weighted by Crippen LogP contribution is -2.36. The molecule has 1 aliphatic rings. The quantitative estimate of drug-likeness (QED) is 0.911. The van der Waals surface area contributed by atoms with Gasteiger partial charge in [0, 0.05) is 24.2 Å². The zero-order chi connectivity index (χ0) is 18.7. The van der Waals surface area contributed by atoms with Crippen molar-refractivity contribution < 1.29 is 23.8 Å². The Morgan fingerprint density at radius 3 is 2.38 bits per heavy atom. The normalized spacial score (nSPS) is 12.7. The first kappa shape index (κ1) is 17.6. The van der Waals surface area contributed by atoms with Gasteiger partial charge in [0.05, 0.1) is 26.5 Å². The van der Waals surface area contributed by atoms with E-state index < -0.39 is 0 Å². The highest BCUT2D eigenvalue weighted by molar-refractivity contribution is 6.05. The molecule has 1 heterocycles. The Kier molecular flexibility index (Phi) is 4.97. The van der Waals surface area contributed by atoms with Gasteiger partial charge < -0.3 is 24.4 Å². The van der Waals surface area contributed by atoms with Gasteiger partial charge in [0.25, 0.3) is 5.91 Å². The monoisotopic (exact) mass is 356 g/mol. The lowest BCUT2D eigenvalue weighted by molar-refractivity contribution is -0.116. The summed E-state index contributed by atoms with van der Waals surface area (Å²) in [6.07, 6.45) is 0. The maximum Gasteiger partial charge on any atom is 0.255 e. The van der Waals surface area contributed by atoms with Crippen molar-refractivity contribution in [3.05, 3.63) is 42.0 Å². The molecule has 0 aliphatic carbocycles. The van der Waals surface area contributed by atoms with Crippen LogP contribution in [0.2, 0.25) is 0 Å². The first-order chi connectivity index (χ1) is 12.5. The van der Waals surface area contributed by atoms with E-state index in [1.807, 2.05) is 0 Å². The number of hydrogen-bond donors (Lipinski definition) is 1. The van der Waals surface area contributed by atoms with E-state index >= 15 is 0 Å². The van der Waals surface area contributed by atoms with Gasteiger partial charge in [-0.3, -0.25) is 9.59 Å². The molecule has 2 amide bonds. The van der Waals surface area contributed by atoms with E-state index in [9.17, 15) is 9.59 Å². The van der Waals surface area contributed by atoms with E-state index in [0.717, 1.165) is 0 Å². The number of nitrogens with one attached hydrogen (secondary N) is 1. The fourth-order valence-corrected chi connectivity index (χ4v) is 2.76. The predicted molar refractivity (Wildman–Crippen MR) is 97.5 cm³/mol. The fraction of sp³-hybridized carbons (Fsp3) is 0.263. The minimum atomic E-state index is -0.312. The molecule has 136 valence electrons. The first-order valence-corrected chi connectivity index (χ1v) is 8.11. The van der Waals surface area contributed by atoms with Crippen LogP contribution >= 0.6 is 0 Å². The standard InChI is InChI=1S/C19H20N2O5/c1-12(22)21-6-7-26-18-5-4-14(10-17(18)21)20-19(23)13-8-15(24-2)11-16(9-13)25-3/h4-5,8-11H,6-7H2,1-3H3,(H,20,23). The Morgan fingerprint density at radius 2 is 1.77 bits per heavy atom. The maximum absolute atomic E-state index is 12.6. The molecule has 0 spiro atoms. The van der Waals surface area contributed by atoms with E-state index in [2.05, 4.69) is 5.32 Å². The molecule has 0 saturated heterocycles. The van der Waals surface area contributed by atoms with Crippen molar-refractivity contribution in [1.29, 1.82) is 0 Å². The van der Waals surface area contributed by atoms with E-state index in [-0.39, 0.29) is 11.8 Å². The van der Waals surface area contributed by atoms with Gasteiger partial charge in [0.15, 0.2) is 0 Å². The van der Waals surface area contributed by atoms with Crippen molar-refractivity contribution >= 4 is 23.2 Å². The summed E-state index contributed by atoms with van der Waals surface area (Å²) < 4.78 is 16.0. The van der Waals surface area contributed by atoms with Gasteiger partial charge in [-0.25, -0.2) is 0 Å². The molecular formula is C19H20N2O5. The van der Waals surface area contributed by atoms with Gasteiger partial charge in [-0.2, -0.15) is 0 Å². The second-order valence-electron chi connectivity index (χ2n) is 5.76. The molecule has 0 atom stereocenters. The van der Waals surface area contributed by atoms with Crippen LogP contribution in [0.15, 0.2) is 36.4 Å². The molecule has 7 nitrogen and oxygen atoms in total. The highest BCUT2D eigenvalue weighted by Crippen LogP contribution is 2.34. The van der Waals surface area contributed by atoms with Crippen molar-refractivity contribution in [3.63, 3.8) is 0 Å². The summed E-state index contributed by atoms with van der Waals surface area (Å²) in [5.41, 5.74) is 1.61. The molecular weight excluding hydrogens is 336 g/mol. The summed E-state index contributed by atoms with van der Waals surface area (Å²) in [4.78, 5) is 26.0. The average Bonchev–Trinajstić information content (AvgIpc) is 2.66. The highest BCUT2D eigenvalue weighted by atomic mass is 16.5. The van der Waals surface area contributed by atoms with Crippen LogP contribution in [-0.2, 0) is 4.79 Å². The molecule has 1 N–H and O–H groups in total. The van der Waals surface area contributed by atoms with Crippen LogP contribution in [0, 0.1) is 0 Å². The molecule has 3 rings (SSSR count). The largest absolute Gasteiger partial charge is 0.497 e. The summed E-state index contributed by atoms with van der Waals surface area (Å²) in [6.45, 7) is 2.43. The van der Waals surface area contributed by atoms with Crippen molar-refractivity contribution in [2.45, 2.75) is 6.92 Å². The van der Waals surface area contributed by atoms with Gasteiger partial charge in [0.1, 0.15) is 23.9 Å². The fourth-order valence-electron chi connectivity index (χ4n) is 2.76. The zero-order valence-electron chi connectivity index (χ0n) is 14.9. The van der Waals surface area contributed by atoms with Gasteiger partial charge in [-0.15, -0.1) is 0 Å². The molecule has 2 aromatic carbocycles. The van der Waals surface area contributed by atoms with E-state index in [0.29, 0.717) is 47.3 Å². The van der Waals surface area contributed by atoms with Gasteiger partial charge in [-0.05, 0) is 30.3 Å². The summed E-state index contributed by atoms with van der Waals surface area (Å²) in [6, 6.07) is 10.1. The molecule has 7 heteroatoms. The third-order valence-corrected chi connectivity index (χ3v) is 4.07. The smallest absolute Gasteiger partial charge is 0.255 e. The number of fused-ring (bicyclic) bond motifs is 1. The van der Waals surface area contributed by atoms with E-state index in [1.165, 1.54) is 21.1 Å². The average molecular weight is 356 g/mol. The minimum absolute atomic E-state index is 0.0736. The molecule has 0 radical (unpaired) electrons. The Balaban J connectivity index is 1.86. The highest BCUT2D eigenvalue weighted by Gasteiger charge is 2.22. The Hall–Kier alpha value is -3.22. The zero-order valence-corrected chi connectivity index (χ0v) is 14.9. The third kappa shape index (κ3) is 3.56. The van der Waals surface area contributed by atoms with Crippen LogP contribution in [0.25, 0.3) is 0 Å². The molecule has 0 saturated carbocycles. The van der Waals surface area contributed by atoms with Crippen LogP contribution < -0.4 is 24.4 Å². The lowest BCUT2D eigenvalue weighted by Gasteiger charge is -2.29. The Morgan fingerprint density at radius 1 is 1.08 bits per heavy atom. The molecule has 1 aliphatic heterocycles. The van der Waals surface area contributed by atoms with E-state index in [4.69, 9.17) is 14.2 Å². The number of ether oxygens (including phenoxy) is 3. The number of benzene rings is 2. The number of amides is 2. The Labute approximate surface area is 151 Å². The van der Waals surface area contributed by atoms with Crippen molar-refractivity contribution in [3.8, 4) is 17.2 Å². The number of carbonyl (C=O) groups excluding carboxylic acids is 2. The van der Waals surface area contributed by atoms with Gasteiger partial charge >= 0.3 is 0 Å². The first-order valence-electron chi connectivity index (χ1n) is 8.11. The van der Waals surface area contributed by atoms with Crippen LogP contribution in [0.1, 0.15) is 17.3 Å².